The van der Waals surface area contributed by atoms with Crippen LogP contribution < -0.4 is 0 Å². The van der Waals surface area contributed by atoms with Crippen molar-refractivity contribution in [2.24, 2.45) is 17.3 Å². The monoisotopic (exact) mass is 413 g/mol. The Kier molecular flexibility index (Phi) is 5.03. The molecule has 5 heteroatoms. The molecule has 0 radical (unpaired) electrons. The minimum absolute atomic E-state index is 0.215. The molecule has 0 amide bonds. The molecule has 2 aromatic rings. The molecule has 3 nitrogen and oxygen atoms in total. The van der Waals surface area contributed by atoms with Gasteiger partial charge in [-0.3, -0.25) is 0 Å². The van der Waals surface area contributed by atoms with Crippen molar-refractivity contribution >= 4 is 21.6 Å². The predicted molar refractivity (Wildman–Crippen MR) is 113 cm³/mol. The first-order valence-corrected chi connectivity index (χ1v) is 11.5. The van der Waals surface area contributed by atoms with E-state index in [0.717, 1.165) is 24.0 Å². The Morgan fingerprint density at radius 2 is 1.82 bits per heavy atom. The van der Waals surface area contributed by atoms with Crippen molar-refractivity contribution in [1.29, 1.82) is 0 Å². The third-order valence-corrected chi connectivity index (χ3v) is 8.16. The van der Waals surface area contributed by atoms with Gasteiger partial charge in [0.2, 0.25) is 10.0 Å². The van der Waals surface area contributed by atoms with Crippen LogP contribution in [0.5, 0.6) is 0 Å². The van der Waals surface area contributed by atoms with Gasteiger partial charge in [-0.15, -0.1) is 0 Å². The summed E-state index contributed by atoms with van der Waals surface area (Å²) in [7, 11) is -3.47. The fourth-order valence-corrected chi connectivity index (χ4v) is 6.11. The highest BCUT2D eigenvalue weighted by Gasteiger charge is 2.69. The number of aryl methyl sites for hydroxylation is 1. The third kappa shape index (κ3) is 3.37. The normalized spacial score (nSPS) is 26.4. The maximum Gasteiger partial charge on any atom is 0.243 e. The highest BCUT2D eigenvalue weighted by atomic mass is 35.5. The van der Waals surface area contributed by atoms with Gasteiger partial charge in [-0.05, 0) is 61.6 Å². The molecule has 146 valence electrons. The van der Waals surface area contributed by atoms with Crippen molar-refractivity contribution < 1.29 is 8.42 Å². The van der Waals surface area contributed by atoms with Crippen LogP contribution in [0, 0.1) is 36.0 Å². The van der Waals surface area contributed by atoms with E-state index in [-0.39, 0.29) is 5.41 Å². The lowest BCUT2D eigenvalue weighted by Crippen LogP contribution is -2.33. The molecule has 1 heterocycles. The van der Waals surface area contributed by atoms with Crippen LogP contribution in [0.3, 0.4) is 0 Å². The largest absolute Gasteiger partial charge is 0.243 e. The van der Waals surface area contributed by atoms with E-state index < -0.39 is 10.0 Å². The van der Waals surface area contributed by atoms with E-state index in [1.165, 1.54) is 0 Å². The summed E-state index contributed by atoms with van der Waals surface area (Å²) in [5.41, 5.74) is 1.75. The molecular weight excluding hydrogens is 390 g/mol. The molecule has 1 saturated heterocycles. The lowest BCUT2D eigenvalue weighted by Gasteiger charge is -2.21. The summed E-state index contributed by atoms with van der Waals surface area (Å²) in [6.45, 7) is 5.18. The molecule has 28 heavy (non-hydrogen) atoms. The van der Waals surface area contributed by atoms with Crippen LogP contribution in [-0.2, 0) is 10.0 Å². The topological polar surface area (TPSA) is 37.4 Å². The average molecular weight is 414 g/mol. The summed E-state index contributed by atoms with van der Waals surface area (Å²) >= 11 is 5.95. The number of benzene rings is 2. The summed E-state index contributed by atoms with van der Waals surface area (Å²) in [4.78, 5) is 0.368. The smallest absolute Gasteiger partial charge is 0.207 e. The van der Waals surface area contributed by atoms with Gasteiger partial charge in [0.05, 0.1) is 10.3 Å². The van der Waals surface area contributed by atoms with E-state index in [4.69, 9.17) is 11.6 Å². The van der Waals surface area contributed by atoms with Crippen LogP contribution >= 0.6 is 11.6 Å². The Labute approximate surface area is 172 Å². The van der Waals surface area contributed by atoms with Gasteiger partial charge in [0.15, 0.2) is 0 Å². The van der Waals surface area contributed by atoms with Gasteiger partial charge in [0.1, 0.15) is 0 Å². The van der Waals surface area contributed by atoms with E-state index in [0.29, 0.717) is 34.8 Å². The number of piperidine rings is 1. The van der Waals surface area contributed by atoms with Crippen LogP contribution in [0.15, 0.2) is 53.4 Å². The maximum atomic E-state index is 13.1. The van der Waals surface area contributed by atoms with E-state index in [2.05, 4.69) is 18.8 Å². The number of hydrogen-bond donors (Lipinski definition) is 0. The number of halogens is 1. The van der Waals surface area contributed by atoms with Crippen LogP contribution in [0.25, 0.3) is 0 Å². The molecule has 2 aliphatic rings. The van der Waals surface area contributed by atoms with Gasteiger partial charge < -0.3 is 0 Å². The van der Waals surface area contributed by atoms with E-state index in [1.54, 1.807) is 16.4 Å². The van der Waals surface area contributed by atoms with Crippen molar-refractivity contribution in [3.63, 3.8) is 0 Å². The Bertz CT molecular complexity index is 1030. The molecular formula is C23H24ClNO2S. The second kappa shape index (κ2) is 7.22. The summed E-state index contributed by atoms with van der Waals surface area (Å²) < 4.78 is 27.8. The molecule has 2 fully saturated rings. The quantitative estimate of drug-likeness (QED) is 0.679. The Morgan fingerprint density at radius 1 is 1.14 bits per heavy atom. The van der Waals surface area contributed by atoms with Gasteiger partial charge >= 0.3 is 0 Å². The SMILES string of the molecule is CCC[C@H]1[C@@H]2CN(S(=O)(=O)c3ccc(C)cc3)C[C@]12C#Cc1ccc(Cl)cc1. The summed E-state index contributed by atoms with van der Waals surface area (Å²) in [5.74, 6) is 7.55. The third-order valence-electron chi connectivity index (χ3n) is 6.08. The van der Waals surface area contributed by atoms with Crippen LogP contribution in [-0.4, -0.2) is 25.8 Å². The van der Waals surface area contributed by atoms with Crippen molar-refractivity contribution in [1.82, 2.24) is 4.31 Å². The highest BCUT2D eigenvalue weighted by molar-refractivity contribution is 7.89. The van der Waals surface area contributed by atoms with Gasteiger partial charge in [0, 0.05) is 23.7 Å². The Hall–Kier alpha value is -1.80. The van der Waals surface area contributed by atoms with Crippen molar-refractivity contribution in [2.45, 2.75) is 31.6 Å². The predicted octanol–water partition coefficient (Wildman–Crippen LogP) is 4.74. The van der Waals surface area contributed by atoms with Crippen LogP contribution in [0.1, 0.15) is 30.9 Å². The molecule has 0 aromatic heterocycles. The molecule has 0 N–H and O–H groups in total. The lowest BCUT2D eigenvalue weighted by atomic mass is 10.0. The molecule has 0 spiro atoms. The van der Waals surface area contributed by atoms with Gasteiger partial charge in [-0.25, -0.2) is 8.42 Å². The van der Waals surface area contributed by atoms with E-state index in [9.17, 15) is 8.42 Å². The van der Waals surface area contributed by atoms with Gasteiger partial charge in [-0.1, -0.05) is 54.5 Å². The van der Waals surface area contributed by atoms with Crippen LogP contribution in [0.2, 0.25) is 5.02 Å². The van der Waals surface area contributed by atoms with Crippen molar-refractivity contribution in [2.75, 3.05) is 13.1 Å². The Morgan fingerprint density at radius 3 is 2.46 bits per heavy atom. The number of rotatable bonds is 4. The maximum absolute atomic E-state index is 13.1. The highest BCUT2D eigenvalue weighted by Crippen LogP contribution is 2.65. The second-order valence-corrected chi connectivity index (χ2v) is 10.3. The molecule has 1 aliphatic carbocycles. The molecule has 0 bridgehead atoms. The molecule has 0 unspecified atom stereocenters. The average Bonchev–Trinajstić information content (AvgIpc) is 3.06. The first-order chi connectivity index (χ1) is 13.4. The first-order valence-electron chi connectivity index (χ1n) is 9.72. The molecule has 2 aromatic carbocycles. The molecule has 1 aliphatic heterocycles. The van der Waals surface area contributed by atoms with Gasteiger partial charge in [-0.2, -0.15) is 4.31 Å². The lowest BCUT2D eigenvalue weighted by molar-refractivity contribution is 0.383. The Balaban J connectivity index is 1.60. The summed E-state index contributed by atoms with van der Waals surface area (Å²) in [6.07, 6.45) is 2.19. The molecule has 3 atom stereocenters. The minimum atomic E-state index is -3.47. The zero-order chi connectivity index (χ0) is 19.9. The zero-order valence-electron chi connectivity index (χ0n) is 16.2. The molecule has 1 saturated carbocycles. The summed E-state index contributed by atoms with van der Waals surface area (Å²) in [6, 6.07) is 14.6. The van der Waals surface area contributed by atoms with Gasteiger partial charge in [0.25, 0.3) is 0 Å². The fourth-order valence-electron chi connectivity index (χ4n) is 4.46. The van der Waals surface area contributed by atoms with E-state index >= 15 is 0 Å². The fraction of sp³-hybridized carbons (Fsp3) is 0.391. The zero-order valence-corrected chi connectivity index (χ0v) is 17.7. The van der Waals surface area contributed by atoms with Crippen molar-refractivity contribution in [3.05, 3.63) is 64.7 Å². The van der Waals surface area contributed by atoms with Crippen molar-refractivity contribution in [3.8, 4) is 11.8 Å². The first kappa shape index (κ1) is 19.5. The second-order valence-electron chi connectivity index (χ2n) is 7.91. The van der Waals surface area contributed by atoms with Crippen LogP contribution in [0.4, 0.5) is 0 Å². The number of sulfonamides is 1. The summed E-state index contributed by atoms with van der Waals surface area (Å²) in [5, 5.41) is 0.688. The standard InChI is InChI=1S/C23H24ClNO2S/c1-3-4-21-22-15-25(28(26,27)20-11-5-17(2)6-12-20)16-23(21,22)14-13-18-7-9-19(24)10-8-18/h5-12,21-22H,3-4,15-16H2,1-2H3/t21-,22-,23+/m0/s1. The number of fused-ring (bicyclic) bond motifs is 1. The number of nitrogens with zero attached hydrogens (tertiary/aromatic N) is 1. The van der Waals surface area contributed by atoms with E-state index in [1.807, 2.05) is 43.3 Å². The number of hydrogen-bond acceptors (Lipinski definition) is 2. The minimum Gasteiger partial charge on any atom is -0.207 e. The molecule has 4 rings (SSSR count).